The van der Waals surface area contributed by atoms with Crippen molar-refractivity contribution in [1.29, 1.82) is 0 Å². The van der Waals surface area contributed by atoms with Crippen LogP contribution in [0.4, 0.5) is 0 Å². The van der Waals surface area contributed by atoms with E-state index in [1.807, 2.05) is 11.5 Å². The molecule has 3 aromatic rings. The van der Waals surface area contributed by atoms with Crippen LogP contribution in [0.3, 0.4) is 0 Å². The quantitative estimate of drug-likeness (QED) is 0.400. The number of nitrogens with zero attached hydrogens (tertiary/aromatic N) is 3. The lowest BCUT2D eigenvalue weighted by molar-refractivity contribution is 0.0368. The summed E-state index contributed by atoms with van der Waals surface area (Å²) in [6.45, 7) is 11.5. The highest BCUT2D eigenvalue weighted by Gasteiger charge is 2.18. The van der Waals surface area contributed by atoms with Gasteiger partial charge in [-0.05, 0) is 43.9 Å². The second-order valence-electron chi connectivity index (χ2n) is 7.84. The number of rotatable bonds is 7. The van der Waals surface area contributed by atoms with Crippen LogP contribution in [0, 0.1) is 20.8 Å². The summed E-state index contributed by atoms with van der Waals surface area (Å²) in [6, 6.07) is 8.42. The van der Waals surface area contributed by atoms with Gasteiger partial charge in [-0.1, -0.05) is 36.0 Å². The maximum absolute atomic E-state index is 13.4. The molecular formula is C23H29N3O2S2. The Balaban J connectivity index is 1.60. The summed E-state index contributed by atoms with van der Waals surface area (Å²) >= 11 is 3.30. The molecule has 160 valence electrons. The number of thioether (sulfide) groups is 1. The van der Waals surface area contributed by atoms with Crippen molar-refractivity contribution in [3.05, 3.63) is 56.2 Å². The van der Waals surface area contributed by atoms with E-state index in [1.165, 1.54) is 16.0 Å². The Bertz CT molecular complexity index is 1080. The Hall–Kier alpha value is -1.67. The predicted octanol–water partition coefficient (Wildman–Crippen LogP) is 4.40. The van der Waals surface area contributed by atoms with Gasteiger partial charge in [-0.3, -0.25) is 14.3 Å². The Kier molecular flexibility index (Phi) is 6.93. The van der Waals surface area contributed by atoms with Gasteiger partial charge in [0, 0.05) is 36.8 Å². The number of thiophene rings is 1. The Morgan fingerprint density at radius 1 is 1.13 bits per heavy atom. The fraction of sp³-hybridized carbons (Fsp3) is 0.478. The molecule has 0 atom stereocenters. The van der Waals surface area contributed by atoms with Crippen molar-refractivity contribution in [3.63, 3.8) is 0 Å². The Morgan fingerprint density at radius 2 is 1.90 bits per heavy atom. The van der Waals surface area contributed by atoms with E-state index in [2.05, 4.69) is 43.0 Å². The van der Waals surface area contributed by atoms with E-state index in [1.54, 1.807) is 23.1 Å². The third-order valence-electron chi connectivity index (χ3n) is 5.83. The SMILES string of the molecule is Cc1ccccc1CSc1nc2sc(C)c(C)c2c(=O)n1CCCN1CCOCC1. The maximum Gasteiger partial charge on any atom is 0.263 e. The Morgan fingerprint density at radius 3 is 2.67 bits per heavy atom. The number of hydrogen-bond acceptors (Lipinski definition) is 6. The normalized spacial score (nSPS) is 15.2. The van der Waals surface area contributed by atoms with Gasteiger partial charge in [0.1, 0.15) is 4.83 Å². The fourth-order valence-electron chi connectivity index (χ4n) is 3.81. The first-order valence-corrected chi connectivity index (χ1v) is 12.3. The number of hydrogen-bond donors (Lipinski definition) is 0. The molecule has 0 spiro atoms. The van der Waals surface area contributed by atoms with Gasteiger partial charge in [0.25, 0.3) is 5.56 Å². The smallest absolute Gasteiger partial charge is 0.263 e. The van der Waals surface area contributed by atoms with Crippen LogP contribution in [0.5, 0.6) is 0 Å². The molecule has 0 amide bonds. The molecule has 0 N–H and O–H groups in total. The molecule has 2 aromatic heterocycles. The third-order valence-corrected chi connectivity index (χ3v) is 7.96. The zero-order valence-corrected chi connectivity index (χ0v) is 19.6. The molecule has 1 aromatic carbocycles. The summed E-state index contributed by atoms with van der Waals surface area (Å²) in [5.74, 6) is 0.817. The van der Waals surface area contributed by atoms with Gasteiger partial charge in [0.05, 0.1) is 18.6 Å². The van der Waals surface area contributed by atoms with E-state index in [0.29, 0.717) is 6.54 Å². The standard InChI is InChI=1S/C23H29N3O2S2/c1-16-7-4-5-8-19(16)15-29-23-24-21-20(17(2)18(3)30-21)22(27)26(23)10-6-9-25-11-13-28-14-12-25/h4-5,7-8H,6,9-15H2,1-3H3. The van der Waals surface area contributed by atoms with Crippen LogP contribution in [-0.2, 0) is 17.0 Å². The van der Waals surface area contributed by atoms with E-state index >= 15 is 0 Å². The predicted molar refractivity (Wildman–Crippen MR) is 126 cm³/mol. The average molecular weight is 444 g/mol. The van der Waals surface area contributed by atoms with E-state index in [-0.39, 0.29) is 5.56 Å². The lowest BCUT2D eigenvalue weighted by atomic mass is 10.1. The lowest BCUT2D eigenvalue weighted by Gasteiger charge is -2.26. The second-order valence-corrected chi connectivity index (χ2v) is 9.98. The number of aromatic nitrogens is 2. The first-order valence-electron chi connectivity index (χ1n) is 10.5. The molecule has 5 nitrogen and oxygen atoms in total. The lowest BCUT2D eigenvalue weighted by Crippen LogP contribution is -2.37. The topological polar surface area (TPSA) is 47.4 Å². The van der Waals surface area contributed by atoms with Crippen molar-refractivity contribution in [2.24, 2.45) is 0 Å². The third kappa shape index (κ3) is 4.64. The zero-order chi connectivity index (χ0) is 21.1. The minimum absolute atomic E-state index is 0.108. The summed E-state index contributed by atoms with van der Waals surface area (Å²) in [5, 5.41) is 1.63. The number of ether oxygens (including phenoxy) is 1. The molecule has 1 aliphatic heterocycles. The molecule has 1 aliphatic rings. The molecule has 0 unspecified atom stereocenters. The van der Waals surface area contributed by atoms with E-state index in [4.69, 9.17) is 9.72 Å². The van der Waals surface area contributed by atoms with Crippen LogP contribution in [0.25, 0.3) is 10.2 Å². The molecule has 0 saturated carbocycles. The van der Waals surface area contributed by atoms with Gasteiger partial charge in [-0.2, -0.15) is 0 Å². The van der Waals surface area contributed by atoms with Crippen LogP contribution in [0.2, 0.25) is 0 Å². The van der Waals surface area contributed by atoms with E-state index in [0.717, 1.165) is 66.0 Å². The maximum atomic E-state index is 13.4. The van der Waals surface area contributed by atoms with Gasteiger partial charge in [0.2, 0.25) is 0 Å². The largest absolute Gasteiger partial charge is 0.379 e. The number of fused-ring (bicyclic) bond motifs is 1. The van der Waals surface area contributed by atoms with Crippen molar-refractivity contribution in [1.82, 2.24) is 14.5 Å². The van der Waals surface area contributed by atoms with Crippen LogP contribution in [0.1, 0.15) is 28.0 Å². The number of benzene rings is 1. The highest BCUT2D eigenvalue weighted by atomic mass is 32.2. The first-order chi connectivity index (χ1) is 14.5. The van der Waals surface area contributed by atoms with Gasteiger partial charge in [-0.15, -0.1) is 11.3 Å². The molecule has 1 fully saturated rings. The van der Waals surface area contributed by atoms with Crippen LogP contribution in [-0.4, -0.2) is 47.3 Å². The van der Waals surface area contributed by atoms with Gasteiger partial charge in [0.15, 0.2) is 5.16 Å². The molecule has 30 heavy (non-hydrogen) atoms. The summed E-state index contributed by atoms with van der Waals surface area (Å²) in [7, 11) is 0. The molecule has 4 rings (SSSR count). The molecule has 0 radical (unpaired) electrons. The molecule has 7 heteroatoms. The summed E-state index contributed by atoms with van der Waals surface area (Å²) in [5.41, 5.74) is 3.74. The van der Waals surface area contributed by atoms with Crippen LogP contribution in [0.15, 0.2) is 34.2 Å². The van der Waals surface area contributed by atoms with Crippen molar-refractivity contribution in [3.8, 4) is 0 Å². The first kappa shape index (κ1) is 21.6. The summed E-state index contributed by atoms with van der Waals surface area (Å²) in [4.78, 5) is 22.8. The molecule has 0 bridgehead atoms. The zero-order valence-electron chi connectivity index (χ0n) is 17.9. The van der Waals surface area contributed by atoms with Crippen molar-refractivity contribution in [2.45, 2.75) is 44.6 Å². The second kappa shape index (κ2) is 9.64. The van der Waals surface area contributed by atoms with Crippen molar-refractivity contribution < 1.29 is 4.74 Å². The molecule has 3 heterocycles. The molecule has 1 saturated heterocycles. The van der Waals surface area contributed by atoms with Crippen LogP contribution >= 0.6 is 23.1 Å². The highest BCUT2D eigenvalue weighted by Crippen LogP contribution is 2.30. The average Bonchev–Trinajstić information content (AvgIpc) is 3.03. The van der Waals surface area contributed by atoms with Crippen molar-refractivity contribution in [2.75, 3.05) is 32.8 Å². The minimum Gasteiger partial charge on any atom is -0.379 e. The highest BCUT2D eigenvalue weighted by molar-refractivity contribution is 7.98. The van der Waals surface area contributed by atoms with Gasteiger partial charge < -0.3 is 4.74 Å². The fourth-order valence-corrected chi connectivity index (χ4v) is 5.98. The van der Waals surface area contributed by atoms with E-state index < -0.39 is 0 Å². The minimum atomic E-state index is 0.108. The summed E-state index contributed by atoms with van der Waals surface area (Å²) < 4.78 is 7.35. The number of aryl methyl sites for hydroxylation is 3. The Labute approximate surface area is 186 Å². The van der Waals surface area contributed by atoms with Crippen molar-refractivity contribution >= 4 is 33.3 Å². The van der Waals surface area contributed by atoms with Crippen LogP contribution < -0.4 is 5.56 Å². The molecule has 0 aliphatic carbocycles. The van der Waals surface area contributed by atoms with Gasteiger partial charge >= 0.3 is 0 Å². The monoisotopic (exact) mass is 443 g/mol. The molecular weight excluding hydrogens is 414 g/mol. The van der Waals surface area contributed by atoms with Gasteiger partial charge in [-0.25, -0.2) is 4.98 Å². The van der Waals surface area contributed by atoms with E-state index in [9.17, 15) is 4.79 Å². The number of morpholine rings is 1. The summed E-state index contributed by atoms with van der Waals surface area (Å²) in [6.07, 6.45) is 0.938.